The van der Waals surface area contributed by atoms with Gasteiger partial charge in [0.05, 0.1) is 5.56 Å². The SMILES string of the molecule is CN1Cc2c(ccc(CONC(=O)c3cccc(C(F)(F)F)c3)c2Br)CC1(C)C. The quantitative estimate of drug-likeness (QED) is 0.632. The Morgan fingerprint density at radius 1 is 1.28 bits per heavy atom. The largest absolute Gasteiger partial charge is 0.416 e. The van der Waals surface area contributed by atoms with Crippen LogP contribution in [-0.4, -0.2) is 23.4 Å². The summed E-state index contributed by atoms with van der Waals surface area (Å²) in [5, 5.41) is 0. The zero-order valence-electron chi connectivity index (χ0n) is 16.4. The maximum absolute atomic E-state index is 12.8. The van der Waals surface area contributed by atoms with Crippen LogP contribution in [0, 0.1) is 0 Å². The molecule has 1 amide bonds. The van der Waals surface area contributed by atoms with Gasteiger partial charge in [-0.05, 0) is 62.2 Å². The van der Waals surface area contributed by atoms with E-state index >= 15 is 0 Å². The number of carbonyl (C=O) groups is 1. The predicted octanol–water partition coefficient (Wildman–Crippen LogP) is 5.10. The summed E-state index contributed by atoms with van der Waals surface area (Å²) >= 11 is 3.63. The number of alkyl halides is 3. The van der Waals surface area contributed by atoms with Gasteiger partial charge >= 0.3 is 6.18 Å². The van der Waals surface area contributed by atoms with E-state index in [1.807, 2.05) is 6.07 Å². The van der Waals surface area contributed by atoms with Crippen LogP contribution in [0.15, 0.2) is 40.9 Å². The molecular formula is C21H22BrF3N2O2. The second-order valence-electron chi connectivity index (χ2n) is 7.82. The van der Waals surface area contributed by atoms with Crippen molar-refractivity contribution >= 4 is 21.8 Å². The third-order valence-corrected chi connectivity index (χ3v) is 6.30. The molecule has 2 aromatic carbocycles. The first-order valence-corrected chi connectivity index (χ1v) is 9.88. The van der Waals surface area contributed by atoms with Crippen molar-refractivity contribution < 1.29 is 22.8 Å². The van der Waals surface area contributed by atoms with Gasteiger partial charge in [0, 0.05) is 22.1 Å². The van der Waals surface area contributed by atoms with Gasteiger partial charge in [-0.15, -0.1) is 0 Å². The number of hydroxylamine groups is 1. The van der Waals surface area contributed by atoms with Gasteiger partial charge in [-0.3, -0.25) is 14.5 Å². The van der Waals surface area contributed by atoms with Crippen molar-refractivity contribution in [2.24, 2.45) is 0 Å². The van der Waals surface area contributed by atoms with E-state index in [0.717, 1.165) is 35.1 Å². The molecule has 0 saturated heterocycles. The van der Waals surface area contributed by atoms with Gasteiger partial charge < -0.3 is 0 Å². The van der Waals surface area contributed by atoms with Crippen molar-refractivity contribution in [3.8, 4) is 0 Å². The summed E-state index contributed by atoms with van der Waals surface area (Å²) in [6.07, 6.45) is -3.59. The van der Waals surface area contributed by atoms with Gasteiger partial charge in [-0.25, -0.2) is 5.48 Å². The van der Waals surface area contributed by atoms with E-state index in [9.17, 15) is 18.0 Å². The van der Waals surface area contributed by atoms with Gasteiger partial charge in [0.15, 0.2) is 0 Å². The van der Waals surface area contributed by atoms with Crippen molar-refractivity contribution in [2.75, 3.05) is 7.05 Å². The summed E-state index contributed by atoms with van der Waals surface area (Å²) in [7, 11) is 2.08. The molecule has 4 nitrogen and oxygen atoms in total. The third-order valence-electron chi connectivity index (χ3n) is 5.32. The first kappa shape index (κ1) is 21.8. The van der Waals surface area contributed by atoms with Crippen molar-refractivity contribution in [3.05, 3.63) is 68.7 Å². The molecule has 2 aromatic rings. The molecule has 29 heavy (non-hydrogen) atoms. The maximum atomic E-state index is 12.8. The van der Waals surface area contributed by atoms with E-state index < -0.39 is 17.6 Å². The molecule has 0 bridgehead atoms. The Labute approximate surface area is 176 Å². The van der Waals surface area contributed by atoms with E-state index in [-0.39, 0.29) is 17.7 Å². The molecule has 0 aromatic heterocycles. The number of benzene rings is 2. The van der Waals surface area contributed by atoms with Crippen LogP contribution in [0.2, 0.25) is 0 Å². The lowest BCUT2D eigenvalue weighted by Crippen LogP contribution is -2.46. The molecule has 0 atom stereocenters. The molecule has 8 heteroatoms. The Bertz CT molecular complexity index is 929. The molecular weight excluding hydrogens is 449 g/mol. The zero-order valence-corrected chi connectivity index (χ0v) is 17.9. The van der Waals surface area contributed by atoms with E-state index in [1.165, 1.54) is 23.3 Å². The standard InChI is InChI=1S/C21H22BrF3N2O2/c1-20(2)10-14-7-8-15(18(22)17(14)11-27(20)3)12-29-26-19(28)13-5-4-6-16(9-13)21(23,24)25/h4-9H,10-12H2,1-3H3,(H,26,28). The second-order valence-corrected chi connectivity index (χ2v) is 8.61. The van der Waals surface area contributed by atoms with Gasteiger partial charge in [0.25, 0.3) is 5.91 Å². The fourth-order valence-electron chi connectivity index (χ4n) is 3.29. The number of carbonyl (C=O) groups excluding carboxylic acids is 1. The minimum absolute atomic E-state index is 0.0728. The molecule has 3 rings (SSSR count). The Balaban J connectivity index is 1.66. The summed E-state index contributed by atoms with van der Waals surface area (Å²) in [6.45, 7) is 5.27. The van der Waals surface area contributed by atoms with Crippen LogP contribution in [0.25, 0.3) is 0 Å². The number of nitrogens with one attached hydrogen (secondary N) is 1. The fourth-order valence-corrected chi connectivity index (χ4v) is 3.91. The minimum atomic E-state index is -4.51. The minimum Gasteiger partial charge on any atom is -0.297 e. The number of amides is 1. The maximum Gasteiger partial charge on any atom is 0.416 e. The lowest BCUT2D eigenvalue weighted by atomic mass is 9.85. The summed E-state index contributed by atoms with van der Waals surface area (Å²) in [4.78, 5) is 19.7. The summed E-state index contributed by atoms with van der Waals surface area (Å²) < 4.78 is 39.3. The fraction of sp³-hybridized carbons (Fsp3) is 0.381. The predicted molar refractivity (Wildman–Crippen MR) is 107 cm³/mol. The number of hydrogen-bond acceptors (Lipinski definition) is 3. The summed E-state index contributed by atoms with van der Waals surface area (Å²) in [5.74, 6) is -0.730. The van der Waals surface area contributed by atoms with Crippen LogP contribution >= 0.6 is 15.9 Å². The Morgan fingerprint density at radius 2 is 2.00 bits per heavy atom. The molecule has 1 N–H and O–H groups in total. The summed E-state index contributed by atoms with van der Waals surface area (Å²) in [5.41, 5.74) is 4.58. The van der Waals surface area contributed by atoms with Gasteiger partial charge in [-0.1, -0.05) is 34.1 Å². The molecule has 0 radical (unpaired) electrons. The lowest BCUT2D eigenvalue weighted by molar-refractivity contribution is -0.137. The average molecular weight is 471 g/mol. The highest BCUT2D eigenvalue weighted by molar-refractivity contribution is 9.10. The first-order valence-electron chi connectivity index (χ1n) is 9.09. The number of fused-ring (bicyclic) bond motifs is 1. The van der Waals surface area contributed by atoms with E-state index in [0.29, 0.717) is 0 Å². The van der Waals surface area contributed by atoms with Crippen molar-refractivity contribution in [1.82, 2.24) is 10.4 Å². The highest BCUT2D eigenvalue weighted by atomic mass is 79.9. The third kappa shape index (κ3) is 4.82. The van der Waals surface area contributed by atoms with Gasteiger partial charge in [-0.2, -0.15) is 13.2 Å². The molecule has 0 aliphatic carbocycles. The van der Waals surface area contributed by atoms with Crippen molar-refractivity contribution in [2.45, 2.75) is 45.1 Å². The van der Waals surface area contributed by atoms with Crippen LogP contribution in [0.5, 0.6) is 0 Å². The number of nitrogens with zero attached hydrogens (tertiary/aromatic N) is 1. The molecule has 1 heterocycles. The second kappa shape index (κ2) is 8.08. The molecule has 0 unspecified atom stereocenters. The Hall–Kier alpha value is -1.90. The molecule has 0 spiro atoms. The van der Waals surface area contributed by atoms with Crippen LogP contribution < -0.4 is 5.48 Å². The molecule has 0 fully saturated rings. The van der Waals surface area contributed by atoms with Crippen molar-refractivity contribution in [3.63, 3.8) is 0 Å². The van der Waals surface area contributed by atoms with E-state index in [2.05, 4.69) is 53.3 Å². The normalized spacial score (nSPS) is 16.4. The highest BCUT2D eigenvalue weighted by Crippen LogP contribution is 2.35. The van der Waals surface area contributed by atoms with Crippen molar-refractivity contribution in [1.29, 1.82) is 0 Å². The van der Waals surface area contributed by atoms with Gasteiger partial charge in [0.1, 0.15) is 6.61 Å². The van der Waals surface area contributed by atoms with E-state index in [4.69, 9.17) is 4.84 Å². The average Bonchev–Trinajstić information content (AvgIpc) is 2.64. The van der Waals surface area contributed by atoms with Crippen LogP contribution in [0.4, 0.5) is 13.2 Å². The first-order chi connectivity index (χ1) is 13.5. The highest BCUT2D eigenvalue weighted by Gasteiger charge is 2.32. The summed E-state index contributed by atoms with van der Waals surface area (Å²) in [6, 6.07) is 8.20. The molecule has 156 valence electrons. The number of halogens is 4. The lowest BCUT2D eigenvalue weighted by Gasteiger charge is -2.41. The Morgan fingerprint density at radius 3 is 2.69 bits per heavy atom. The van der Waals surface area contributed by atoms with E-state index in [1.54, 1.807) is 0 Å². The number of hydrogen-bond donors (Lipinski definition) is 1. The van der Waals surface area contributed by atoms with Crippen LogP contribution in [0.3, 0.4) is 0 Å². The molecule has 1 aliphatic heterocycles. The van der Waals surface area contributed by atoms with Gasteiger partial charge in [0.2, 0.25) is 0 Å². The Kier molecular flexibility index (Phi) is 6.08. The monoisotopic (exact) mass is 470 g/mol. The van der Waals surface area contributed by atoms with Crippen LogP contribution in [-0.2, 0) is 30.6 Å². The smallest absolute Gasteiger partial charge is 0.297 e. The topological polar surface area (TPSA) is 41.6 Å². The van der Waals surface area contributed by atoms with Crippen LogP contribution in [0.1, 0.15) is 46.5 Å². The number of rotatable bonds is 4. The molecule has 1 aliphatic rings. The number of likely N-dealkylation sites (N-methyl/N-ethyl adjacent to an activating group) is 1. The zero-order chi connectivity index (χ0) is 21.4. The molecule has 0 saturated carbocycles.